The van der Waals surface area contributed by atoms with E-state index >= 15 is 0 Å². The zero-order valence-corrected chi connectivity index (χ0v) is 16.7. The topological polar surface area (TPSA) is 106 Å². The summed E-state index contributed by atoms with van der Waals surface area (Å²) in [4.78, 5) is 4.58. The van der Waals surface area contributed by atoms with Gasteiger partial charge in [-0.25, -0.2) is 18.1 Å². The minimum Gasteiger partial charge on any atom is -0.497 e. The van der Waals surface area contributed by atoms with E-state index < -0.39 is 10.0 Å². The minimum absolute atomic E-state index is 0.0954. The summed E-state index contributed by atoms with van der Waals surface area (Å²) in [5.74, 6) is 1.19. The first-order valence-electron chi connectivity index (χ1n) is 9.24. The highest BCUT2D eigenvalue weighted by molar-refractivity contribution is 7.89. The van der Waals surface area contributed by atoms with E-state index in [4.69, 9.17) is 10.5 Å². The van der Waals surface area contributed by atoms with Crippen molar-refractivity contribution in [3.05, 3.63) is 59.7 Å². The Morgan fingerprint density at radius 3 is 2.36 bits per heavy atom. The van der Waals surface area contributed by atoms with Crippen molar-refractivity contribution in [3.8, 4) is 5.75 Å². The molecule has 4 N–H and O–H groups in total. The number of rotatable bonds is 9. The van der Waals surface area contributed by atoms with Gasteiger partial charge in [0, 0.05) is 12.6 Å². The van der Waals surface area contributed by atoms with Crippen LogP contribution in [0.25, 0.3) is 0 Å². The van der Waals surface area contributed by atoms with Gasteiger partial charge in [0.05, 0.1) is 18.6 Å². The maximum absolute atomic E-state index is 12.2. The van der Waals surface area contributed by atoms with Crippen LogP contribution in [0.3, 0.4) is 0 Å². The zero-order valence-electron chi connectivity index (χ0n) is 15.9. The highest BCUT2D eigenvalue weighted by atomic mass is 32.2. The number of benzene rings is 2. The lowest BCUT2D eigenvalue weighted by Gasteiger charge is -2.08. The lowest BCUT2D eigenvalue weighted by Crippen LogP contribution is -2.33. The molecule has 7 nitrogen and oxygen atoms in total. The number of hydrogen-bond donors (Lipinski definition) is 3. The van der Waals surface area contributed by atoms with Crippen LogP contribution >= 0.6 is 0 Å². The predicted octanol–water partition coefficient (Wildman–Crippen LogP) is 1.78. The van der Waals surface area contributed by atoms with E-state index in [1.54, 1.807) is 31.4 Å². The highest BCUT2D eigenvalue weighted by Gasteiger charge is 2.27. The maximum Gasteiger partial charge on any atom is 0.240 e. The summed E-state index contributed by atoms with van der Waals surface area (Å²) in [6.07, 6.45) is 2.65. The molecule has 0 unspecified atom stereocenters. The average molecular weight is 403 g/mol. The van der Waals surface area contributed by atoms with Crippen molar-refractivity contribution < 1.29 is 13.2 Å². The third-order valence-electron chi connectivity index (χ3n) is 4.44. The quantitative estimate of drug-likeness (QED) is 0.438. The molecule has 0 aromatic heterocycles. The Bertz CT molecular complexity index is 905. The van der Waals surface area contributed by atoms with Crippen LogP contribution in [-0.2, 0) is 23.0 Å². The van der Waals surface area contributed by atoms with Crippen LogP contribution in [0.4, 0.5) is 0 Å². The van der Waals surface area contributed by atoms with E-state index in [1.165, 1.54) is 5.56 Å². The van der Waals surface area contributed by atoms with Crippen molar-refractivity contribution in [1.82, 2.24) is 10.0 Å². The Kier molecular flexibility index (Phi) is 6.53. The van der Waals surface area contributed by atoms with Crippen molar-refractivity contribution in [2.24, 2.45) is 10.7 Å². The number of guanidine groups is 1. The second-order valence-corrected chi connectivity index (χ2v) is 8.48. The second kappa shape index (κ2) is 9.07. The summed E-state index contributed by atoms with van der Waals surface area (Å²) in [6.45, 7) is 1.06. The third kappa shape index (κ3) is 5.97. The molecule has 150 valence electrons. The number of methoxy groups -OCH3 is 1. The molecule has 28 heavy (non-hydrogen) atoms. The lowest BCUT2D eigenvalue weighted by atomic mass is 10.1. The average Bonchev–Trinajstić information content (AvgIpc) is 3.50. The molecule has 8 heteroatoms. The third-order valence-corrected chi connectivity index (χ3v) is 5.98. The van der Waals surface area contributed by atoms with Gasteiger partial charge in [0.25, 0.3) is 0 Å². The molecule has 0 heterocycles. The highest BCUT2D eigenvalue weighted by Crippen LogP contribution is 2.22. The van der Waals surface area contributed by atoms with Crippen molar-refractivity contribution in [3.63, 3.8) is 0 Å². The van der Waals surface area contributed by atoms with Gasteiger partial charge < -0.3 is 15.8 Å². The summed E-state index contributed by atoms with van der Waals surface area (Å²) >= 11 is 0. The zero-order chi connectivity index (χ0) is 20.0. The molecule has 2 aromatic carbocycles. The first kappa shape index (κ1) is 20.2. The second-order valence-electron chi connectivity index (χ2n) is 6.77. The summed E-state index contributed by atoms with van der Waals surface area (Å²) in [5, 5.41) is 3.08. The number of nitrogens with zero attached hydrogens (tertiary/aromatic N) is 1. The fourth-order valence-electron chi connectivity index (χ4n) is 2.62. The van der Waals surface area contributed by atoms with Crippen molar-refractivity contribution in [2.45, 2.75) is 36.7 Å². The van der Waals surface area contributed by atoms with Crippen LogP contribution in [-0.4, -0.2) is 34.1 Å². The van der Waals surface area contributed by atoms with Gasteiger partial charge in [-0.3, -0.25) is 0 Å². The molecule has 1 saturated carbocycles. The van der Waals surface area contributed by atoms with E-state index in [2.05, 4.69) is 15.0 Å². The summed E-state index contributed by atoms with van der Waals surface area (Å²) in [6, 6.07) is 14.7. The molecule has 0 saturated heterocycles. The van der Waals surface area contributed by atoms with Crippen LogP contribution < -0.4 is 20.5 Å². The first-order valence-corrected chi connectivity index (χ1v) is 10.7. The number of nitrogens with one attached hydrogen (secondary N) is 2. The Hall–Kier alpha value is -2.58. The van der Waals surface area contributed by atoms with E-state index in [1.807, 2.05) is 24.3 Å². The summed E-state index contributed by atoms with van der Waals surface area (Å²) < 4.78 is 32.1. The Labute approximate surface area is 166 Å². The molecule has 0 atom stereocenters. The van der Waals surface area contributed by atoms with Crippen LogP contribution in [0, 0.1) is 0 Å². The first-order chi connectivity index (χ1) is 13.5. The van der Waals surface area contributed by atoms with Gasteiger partial charge >= 0.3 is 0 Å². The number of aliphatic imine (C=N–C) groups is 1. The predicted molar refractivity (Wildman–Crippen MR) is 110 cm³/mol. The number of sulfonamides is 1. The Morgan fingerprint density at radius 2 is 1.75 bits per heavy atom. The molecule has 1 fully saturated rings. The summed E-state index contributed by atoms with van der Waals surface area (Å²) in [7, 11) is -1.77. The normalized spacial score (nSPS) is 14.7. The molecular weight excluding hydrogens is 376 g/mol. The van der Waals surface area contributed by atoms with Gasteiger partial charge in [-0.2, -0.15) is 0 Å². The molecule has 0 bridgehead atoms. The van der Waals surface area contributed by atoms with Gasteiger partial charge in [-0.05, 0) is 54.7 Å². The molecule has 0 radical (unpaired) electrons. The van der Waals surface area contributed by atoms with E-state index in [-0.39, 0.29) is 10.9 Å². The molecule has 0 spiro atoms. The fourth-order valence-corrected chi connectivity index (χ4v) is 3.93. The van der Waals surface area contributed by atoms with Gasteiger partial charge in [0.2, 0.25) is 10.0 Å². The van der Waals surface area contributed by atoms with Crippen molar-refractivity contribution >= 4 is 16.0 Å². The van der Waals surface area contributed by atoms with E-state index in [0.717, 1.165) is 30.6 Å². The van der Waals surface area contributed by atoms with Crippen LogP contribution in [0.5, 0.6) is 5.75 Å². The van der Waals surface area contributed by atoms with E-state index in [9.17, 15) is 8.42 Å². The molecule has 0 amide bonds. The Morgan fingerprint density at radius 1 is 1.11 bits per heavy atom. The van der Waals surface area contributed by atoms with Gasteiger partial charge in [-0.1, -0.05) is 24.3 Å². The molecule has 0 aliphatic heterocycles. The SMILES string of the molecule is COc1ccc(CCNC(N)=NCc2ccc(S(=O)(=O)NC3CC3)cc2)cc1. The van der Waals surface area contributed by atoms with E-state index in [0.29, 0.717) is 19.0 Å². The smallest absolute Gasteiger partial charge is 0.240 e. The fraction of sp³-hybridized carbons (Fsp3) is 0.350. The van der Waals surface area contributed by atoms with Crippen molar-refractivity contribution in [1.29, 1.82) is 0 Å². The molecule has 3 rings (SSSR count). The largest absolute Gasteiger partial charge is 0.497 e. The van der Waals surface area contributed by atoms with Gasteiger partial charge in [-0.15, -0.1) is 0 Å². The maximum atomic E-state index is 12.2. The number of hydrogen-bond acceptors (Lipinski definition) is 4. The Balaban J connectivity index is 1.45. The molecular formula is C20H26N4O3S. The number of nitrogens with two attached hydrogens (primary N) is 1. The van der Waals surface area contributed by atoms with Crippen molar-refractivity contribution in [2.75, 3.05) is 13.7 Å². The standard InChI is InChI=1S/C20H26N4O3S/c1-27-18-8-2-15(3-9-18)12-13-22-20(21)23-14-16-4-10-19(11-5-16)28(25,26)24-17-6-7-17/h2-5,8-11,17,24H,6-7,12-14H2,1H3,(H3,21,22,23). The lowest BCUT2D eigenvalue weighted by molar-refractivity contribution is 0.414. The van der Waals surface area contributed by atoms with Crippen LogP contribution in [0.2, 0.25) is 0 Å². The minimum atomic E-state index is -3.42. The number of ether oxygens (including phenoxy) is 1. The monoisotopic (exact) mass is 402 g/mol. The summed E-state index contributed by atoms with van der Waals surface area (Å²) in [5.41, 5.74) is 7.98. The molecule has 1 aliphatic carbocycles. The van der Waals surface area contributed by atoms with Gasteiger partial charge in [0.1, 0.15) is 5.75 Å². The molecule has 1 aliphatic rings. The van der Waals surface area contributed by atoms with Gasteiger partial charge in [0.15, 0.2) is 5.96 Å². The van der Waals surface area contributed by atoms with Crippen LogP contribution in [0.1, 0.15) is 24.0 Å². The van der Waals surface area contributed by atoms with Crippen LogP contribution in [0.15, 0.2) is 58.4 Å². The molecule has 2 aromatic rings.